The van der Waals surface area contributed by atoms with Crippen molar-refractivity contribution in [3.8, 4) is 101 Å². The first-order valence-corrected chi connectivity index (χ1v) is 38.7. The molecule has 0 atom stereocenters. The molecule has 0 N–H and O–H groups in total. The van der Waals surface area contributed by atoms with E-state index in [1.165, 1.54) is 166 Å². The van der Waals surface area contributed by atoms with E-state index in [1.807, 2.05) is 36.4 Å². The van der Waals surface area contributed by atoms with Gasteiger partial charge >= 0.3 is 0 Å². The fraction of sp³-hybridized carbons (Fsp3) is 0.190. The maximum absolute atomic E-state index is 6.95. The van der Waals surface area contributed by atoms with Crippen LogP contribution in [0.25, 0.3) is 167 Å². The van der Waals surface area contributed by atoms with Crippen LogP contribution in [0, 0.1) is 13.8 Å². The molecule has 0 unspecified atom stereocenters. The number of benzene rings is 13. The Bertz CT molecular complexity index is 6060. The van der Waals surface area contributed by atoms with Crippen LogP contribution in [0.3, 0.4) is 0 Å². The Kier molecular flexibility index (Phi) is 17.7. The molecule has 6 nitrogen and oxygen atoms in total. The van der Waals surface area contributed by atoms with Crippen molar-refractivity contribution in [3.05, 3.63) is 307 Å². The SMILES string of the molecule is CCCCCCCCC1(CCCCCCCC)c2cc(-c3ccc(-c4ccc(C)cc4)cc3)ccc2-c2ccc(-c3cc(C)cc(-n4c5ccccc5c5cc(-c6ccc7c8ccc9c%10ccccc%10oc9c8n(-c8cccc(-c9nc(-c%10ccccc%10)nc(-c%10ccccc%10)n9)c8)c7c6)ccc54)c3)cc21. The first kappa shape index (κ1) is 66.2. The maximum Gasteiger partial charge on any atom is 0.164 e. The van der Waals surface area contributed by atoms with Crippen LogP contribution >= 0.6 is 0 Å². The Morgan fingerprint density at radius 3 is 1.44 bits per heavy atom. The van der Waals surface area contributed by atoms with E-state index in [0.29, 0.717) is 17.5 Å². The number of para-hydroxylation sites is 2. The smallest absolute Gasteiger partial charge is 0.164 e. The molecular weight excluding hydrogens is 1290 g/mol. The summed E-state index contributed by atoms with van der Waals surface area (Å²) in [6.45, 7) is 9.10. The van der Waals surface area contributed by atoms with Gasteiger partial charge in [-0.05, 0) is 172 Å². The van der Waals surface area contributed by atoms with Crippen LogP contribution in [0.2, 0.25) is 0 Å². The molecule has 6 heteroatoms. The molecule has 0 saturated carbocycles. The van der Waals surface area contributed by atoms with Gasteiger partial charge in [0, 0.05) is 65.8 Å². The van der Waals surface area contributed by atoms with E-state index in [0.717, 1.165) is 95.8 Å². The van der Waals surface area contributed by atoms with Gasteiger partial charge in [0.05, 0.1) is 22.1 Å². The molecule has 18 rings (SSSR count). The molecule has 4 aromatic heterocycles. The molecule has 17 aromatic rings. The van der Waals surface area contributed by atoms with Crippen LogP contribution < -0.4 is 0 Å². The predicted octanol–water partition coefficient (Wildman–Crippen LogP) is 28.0. The van der Waals surface area contributed by atoms with E-state index in [-0.39, 0.29) is 5.41 Å². The molecule has 1 aliphatic carbocycles. The van der Waals surface area contributed by atoms with Crippen LogP contribution in [-0.2, 0) is 5.41 Å². The average molecular weight is 1370 g/mol. The maximum atomic E-state index is 6.95. The van der Waals surface area contributed by atoms with Gasteiger partial charge in [0.25, 0.3) is 0 Å². The Morgan fingerprint density at radius 1 is 0.292 bits per heavy atom. The second-order valence-electron chi connectivity index (χ2n) is 29.8. The molecule has 0 aliphatic heterocycles. The van der Waals surface area contributed by atoms with E-state index < -0.39 is 0 Å². The molecule has 13 aromatic carbocycles. The highest BCUT2D eigenvalue weighted by atomic mass is 16.3. The van der Waals surface area contributed by atoms with Gasteiger partial charge in [-0.1, -0.05) is 309 Å². The Morgan fingerprint density at radius 2 is 0.774 bits per heavy atom. The van der Waals surface area contributed by atoms with Crippen molar-refractivity contribution in [2.75, 3.05) is 0 Å². The third-order valence-corrected chi connectivity index (χ3v) is 22.9. The van der Waals surface area contributed by atoms with Gasteiger partial charge in [-0.3, -0.25) is 0 Å². The highest BCUT2D eigenvalue weighted by Gasteiger charge is 2.43. The van der Waals surface area contributed by atoms with Gasteiger partial charge < -0.3 is 13.6 Å². The fourth-order valence-electron chi connectivity index (χ4n) is 17.5. The summed E-state index contributed by atoms with van der Waals surface area (Å²) >= 11 is 0. The monoisotopic (exact) mass is 1370 g/mol. The molecule has 0 amide bonds. The zero-order chi connectivity index (χ0) is 71.2. The molecule has 0 fully saturated rings. The molecule has 1 aliphatic rings. The van der Waals surface area contributed by atoms with E-state index in [2.05, 4.69) is 286 Å². The summed E-state index contributed by atoms with van der Waals surface area (Å²) in [5.74, 6) is 1.84. The first-order chi connectivity index (χ1) is 52.2. The minimum atomic E-state index is -0.101. The summed E-state index contributed by atoms with van der Waals surface area (Å²) in [6, 6.07) is 106. The summed E-state index contributed by atoms with van der Waals surface area (Å²) < 4.78 is 11.9. The second-order valence-corrected chi connectivity index (χ2v) is 29.8. The molecular formula is C100H87N5O. The van der Waals surface area contributed by atoms with Crippen molar-refractivity contribution in [1.82, 2.24) is 24.1 Å². The number of nitrogens with zero attached hydrogens (tertiary/aromatic N) is 5. The second kappa shape index (κ2) is 28.4. The lowest BCUT2D eigenvalue weighted by Crippen LogP contribution is -2.25. The highest BCUT2D eigenvalue weighted by molar-refractivity contribution is 6.22. The summed E-state index contributed by atoms with van der Waals surface area (Å²) in [7, 11) is 0. The normalized spacial score (nSPS) is 12.6. The van der Waals surface area contributed by atoms with Gasteiger partial charge in [0.15, 0.2) is 23.1 Å². The quantitative estimate of drug-likeness (QED) is 0.0599. The number of fused-ring (bicyclic) bond motifs is 13. The van der Waals surface area contributed by atoms with Crippen LogP contribution in [-0.4, -0.2) is 24.1 Å². The fourth-order valence-corrected chi connectivity index (χ4v) is 17.5. The van der Waals surface area contributed by atoms with Gasteiger partial charge in [-0.2, -0.15) is 0 Å². The number of unbranched alkanes of at least 4 members (excludes halogenated alkanes) is 10. The van der Waals surface area contributed by atoms with Crippen molar-refractivity contribution in [3.63, 3.8) is 0 Å². The van der Waals surface area contributed by atoms with Gasteiger partial charge in [-0.15, -0.1) is 0 Å². The molecule has 0 bridgehead atoms. The molecule has 0 radical (unpaired) electrons. The molecule has 4 heterocycles. The van der Waals surface area contributed by atoms with E-state index in [4.69, 9.17) is 19.4 Å². The standard InChI is InChI=1S/C100H87N5O/c1-5-7-9-11-13-25-56-100(57-26-14-12-10-8-6-2)89-63-74(70-44-42-69(43-45-70)68-40-38-66(3)39-41-68)46-50-81(89)82-51-47-75(64-90(82)100)78-58-67(4)59-80(61-78)104-91-36-23-21-34-83(91)88-62-73(49-55-92(88)104)76-48-52-84-86-53-54-87-85-35-22-24-37-94(85)106-96(87)95(86)105(93(84)65-76)79-33-27-32-77(60-79)99-102-97(71-28-17-15-18-29-71)101-98(103-99)72-30-19-16-20-31-72/h15-24,27-55,58-65H,5-14,25-26,56-57H2,1-4H3. The van der Waals surface area contributed by atoms with E-state index in [9.17, 15) is 0 Å². The Hall–Kier alpha value is -11.7. The molecule has 0 saturated heterocycles. The zero-order valence-corrected chi connectivity index (χ0v) is 61.2. The average Bonchev–Trinajstić information content (AvgIpc) is 1.56. The van der Waals surface area contributed by atoms with Crippen molar-refractivity contribution >= 4 is 65.6 Å². The molecule has 518 valence electrons. The lowest BCUT2D eigenvalue weighted by atomic mass is 9.70. The minimum absolute atomic E-state index is 0.101. The number of hydrogen-bond acceptors (Lipinski definition) is 4. The van der Waals surface area contributed by atoms with Gasteiger partial charge in [0.2, 0.25) is 0 Å². The third-order valence-electron chi connectivity index (χ3n) is 22.9. The van der Waals surface area contributed by atoms with E-state index in [1.54, 1.807) is 0 Å². The van der Waals surface area contributed by atoms with Crippen LogP contribution in [0.15, 0.2) is 290 Å². The van der Waals surface area contributed by atoms with E-state index >= 15 is 0 Å². The summed E-state index contributed by atoms with van der Waals surface area (Å²) in [6.07, 6.45) is 17.7. The van der Waals surface area contributed by atoms with Crippen molar-refractivity contribution in [1.29, 1.82) is 0 Å². The van der Waals surface area contributed by atoms with Crippen molar-refractivity contribution in [2.45, 2.75) is 123 Å². The predicted molar refractivity (Wildman–Crippen MR) is 446 cm³/mol. The number of aryl methyl sites for hydroxylation is 2. The van der Waals surface area contributed by atoms with Gasteiger partial charge in [0.1, 0.15) is 5.58 Å². The molecule has 0 spiro atoms. The highest BCUT2D eigenvalue weighted by Crippen LogP contribution is 2.56. The third kappa shape index (κ3) is 12.2. The van der Waals surface area contributed by atoms with Crippen LogP contribution in [0.5, 0.6) is 0 Å². The Labute approximate surface area is 621 Å². The lowest BCUT2D eigenvalue weighted by Gasteiger charge is -2.33. The summed E-state index contributed by atoms with van der Waals surface area (Å²) in [5.41, 5.74) is 29.2. The summed E-state index contributed by atoms with van der Waals surface area (Å²) in [5, 5.41) is 6.85. The van der Waals surface area contributed by atoms with Crippen molar-refractivity contribution < 1.29 is 4.42 Å². The topological polar surface area (TPSA) is 61.7 Å². The minimum Gasteiger partial charge on any atom is -0.454 e. The number of aromatic nitrogens is 5. The lowest BCUT2D eigenvalue weighted by molar-refractivity contribution is 0.398. The Balaban J connectivity index is 0.738. The summed E-state index contributed by atoms with van der Waals surface area (Å²) in [4.78, 5) is 15.4. The molecule has 106 heavy (non-hydrogen) atoms. The largest absolute Gasteiger partial charge is 0.454 e. The van der Waals surface area contributed by atoms with Crippen LogP contribution in [0.1, 0.15) is 126 Å². The number of hydrogen-bond donors (Lipinski definition) is 0. The number of furan rings is 1. The first-order valence-electron chi connectivity index (χ1n) is 38.7. The zero-order valence-electron chi connectivity index (χ0n) is 61.2. The van der Waals surface area contributed by atoms with Gasteiger partial charge in [-0.25, -0.2) is 15.0 Å². The van der Waals surface area contributed by atoms with Crippen molar-refractivity contribution in [2.24, 2.45) is 0 Å². The van der Waals surface area contributed by atoms with Crippen LogP contribution in [0.4, 0.5) is 0 Å². The number of rotatable bonds is 23.